The summed E-state index contributed by atoms with van der Waals surface area (Å²) in [6.45, 7) is 16.0. The van der Waals surface area contributed by atoms with Crippen molar-refractivity contribution in [2.24, 2.45) is 11.8 Å². The number of fused-ring (bicyclic) bond motifs is 1. The Hall–Kier alpha value is -1.92. The van der Waals surface area contributed by atoms with Gasteiger partial charge in [-0.3, -0.25) is 0 Å². The third-order valence-corrected chi connectivity index (χ3v) is 7.81. The molecule has 2 aromatic rings. The Morgan fingerprint density at radius 2 is 1.74 bits per heavy atom. The fourth-order valence-corrected chi connectivity index (χ4v) is 5.51. The maximum absolute atomic E-state index is 10.5. The second-order valence-electron chi connectivity index (χ2n) is 10.6. The Kier molecular flexibility index (Phi) is 11.1. The van der Waals surface area contributed by atoms with E-state index in [4.69, 9.17) is 9.97 Å². The van der Waals surface area contributed by atoms with Crippen LogP contribution in [-0.2, 0) is 0 Å². The van der Waals surface area contributed by atoms with Crippen LogP contribution in [0.2, 0.25) is 0 Å². The van der Waals surface area contributed by atoms with Crippen LogP contribution in [0.3, 0.4) is 0 Å². The summed E-state index contributed by atoms with van der Waals surface area (Å²) in [7, 11) is 0. The Morgan fingerprint density at radius 3 is 2.43 bits per heavy atom. The first-order valence-electron chi connectivity index (χ1n) is 14.1. The molecule has 3 N–H and O–H groups in total. The van der Waals surface area contributed by atoms with Crippen molar-refractivity contribution in [2.75, 3.05) is 43.4 Å². The van der Waals surface area contributed by atoms with E-state index < -0.39 is 0 Å². The largest absolute Gasteiger partial charge is 0.393 e. The van der Waals surface area contributed by atoms with Gasteiger partial charge >= 0.3 is 0 Å². The Morgan fingerprint density at radius 1 is 1.00 bits per heavy atom. The maximum atomic E-state index is 10.5. The maximum Gasteiger partial charge on any atom is 0.225 e. The van der Waals surface area contributed by atoms with Crippen LogP contribution in [0.4, 0.5) is 11.8 Å². The number of nitrogens with one attached hydrogen (secondary N) is 2. The molecule has 0 radical (unpaired) electrons. The molecule has 0 saturated heterocycles. The number of rotatable bonds is 14. The van der Waals surface area contributed by atoms with E-state index in [1.165, 1.54) is 24.0 Å². The molecule has 6 heteroatoms. The van der Waals surface area contributed by atoms with Crippen LogP contribution in [0.25, 0.3) is 10.9 Å². The predicted octanol–water partition coefficient (Wildman–Crippen LogP) is 6.16. The predicted molar refractivity (Wildman–Crippen MR) is 149 cm³/mol. The summed E-state index contributed by atoms with van der Waals surface area (Å²) < 4.78 is 0. The van der Waals surface area contributed by atoms with Gasteiger partial charge in [-0.2, -0.15) is 4.98 Å². The van der Waals surface area contributed by atoms with Crippen LogP contribution >= 0.6 is 0 Å². The molecule has 1 aromatic carbocycles. The van der Waals surface area contributed by atoms with Crippen LogP contribution in [0, 0.1) is 25.7 Å². The van der Waals surface area contributed by atoms with Gasteiger partial charge in [-0.1, -0.05) is 39.7 Å². The zero-order chi connectivity index (χ0) is 25.2. The van der Waals surface area contributed by atoms with Gasteiger partial charge in [0.25, 0.3) is 0 Å². The van der Waals surface area contributed by atoms with Crippen molar-refractivity contribution in [3.05, 3.63) is 23.3 Å². The Labute approximate surface area is 213 Å². The van der Waals surface area contributed by atoms with Crippen LogP contribution in [-0.4, -0.2) is 58.8 Å². The molecule has 0 bridgehead atoms. The van der Waals surface area contributed by atoms with Gasteiger partial charge in [0, 0.05) is 18.5 Å². The summed E-state index contributed by atoms with van der Waals surface area (Å²) in [4.78, 5) is 12.3. The fourth-order valence-electron chi connectivity index (χ4n) is 5.51. The molecule has 1 heterocycles. The van der Waals surface area contributed by atoms with Gasteiger partial charge in [0.1, 0.15) is 5.82 Å². The van der Waals surface area contributed by atoms with Crippen molar-refractivity contribution in [1.29, 1.82) is 0 Å². The zero-order valence-electron chi connectivity index (χ0n) is 22.9. The lowest BCUT2D eigenvalue weighted by Gasteiger charge is -2.31. The van der Waals surface area contributed by atoms with Gasteiger partial charge in [0.15, 0.2) is 0 Å². The average molecular weight is 484 g/mol. The highest BCUT2D eigenvalue weighted by atomic mass is 16.3. The number of aliphatic hydroxyl groups is 1. The quantitative estimate of drug-likeness (QED) is 0.280. The number of benzene rings is 1. The van der Waals surface area contributed by atoms with Gasteiger partial charge in [0.05, 0.1) is 11.6 Å². The Balaban J connectivity index is 1.62. The topological polar surface area (TPSA) is 73.3 Å². The molecule has 1 atom stereocenters. The number of hydrogen-bond acceptors (Lipinski definition) is 6. The van der Waals surface area contributed by atoms with Crippen molar-refractivity contribution in [2.45, 2.75) is 92.1 Å². The molecule has 3 rings (SSSR count). The van der Waals surface area contributed by atoms with E-state index in [9.17, 15) is 5.11 Å². The van der Waals surface area contributed by atoms with E-state index >= 15 is 0 Å². The molecule has 1 fully saturated rings. The molecule has 1 aliphatic carbocycles. The lowest BCUT2D eigenvalue weighted by atomic mass is 9.78. The number of unbranched alkanes of at least 4 members (excludes halogenated alkanes) is 1. The highest BCUT2D eigenvalue weighted by Gasteiger charge is 2.26. The summed E-state index contributed by atoms with van der Waals surface area (Å²) >= 11 is 0. The van der Waals surface area contributed by atoms with Crippen LogP contribution in [0.5, 0.6) is 0 Å². The highest BCUT2D eigenvalue weighted by molar-refractivity contribution is 5.92. The number of aliphatic hydroxyl groups excluding tert-OH is 1. The van der Waals surface area contributed by atoms with Crippen molar-refractivity contribution in [3.8, 4) is 0 Å². The van der Waals surface area contributed by atoms with Crippen LogP contribution < -0.4 is 10.6 Å². The third kappa shape index (κ3) is 8.04. The summed E-state index contributed by atoms with van der Waals surface area (Å²) in [5.74, 6) is 2.76. The SMILES string of the molecule is CCCCC(O)[C@H]1CC[C@H](CNc2nc(NCCCN(CC)CC)c3cc(C)cc(C)c3n2)CC1. The first kappa shape index (κ1) is 27.7. The van der Waals surface area contributed by atoms with E-state index in [1.54, 1.807) is 0 Å². The minimum Gasteiger partial charge on any atom is -0.393 e. The van der Waals surface area contributed by atoms with Crippen LogP contribution in [0.15, 0.2) is 12.1 Å². The third-order valence-electron chi connectivity index (χ3n) is 7.81. The summed E-state index contributed by atoms with van der Waals surface area (Å²) in [5, 5.41) is 18.8. The van der Waals surface area contributed by atoms with E-state index in [-0.39, 0.29) is 6.10 Å². The number of hydrogen-bond donors (Lipinski definition) is 3. The summed E-state index contributed by atoms with van der Waals surface area (Å²) in [6, 6.07) is 4.40. The fraction of sp³-hybridized carbons (Fsp3) is 0.724. The van der Waals surface area contributed by atoms with Gasteiger partial charge < -0.3 is 20.6 Å². The average Bonchev–Trinajstić information content (AvgIpc) is 2.86. The number of aryl methyl sites for hydroxylation is 2. The van der Waals surface area contributed by atoms with E-state index in [2.05, 4.69) is 62.3 Å². The molecule has 196 valence electrons. The monoisotopic (exact) mass is 483 g/mol. The molecule has 35 heavy (non-hydrogen) atoms. The first-order chi connectivity index (χ1) is 16.9. The summed E-state index contributed by atoms with van der Waals surface area (Å²) in [5.41, 5.74) is 3.46. The van der Waals surface area contributed by atoms with Gasteiger partial charge in [-0.05, 0) is 101 Å². The normalized spacial score (nSPS) is 19.3. The van der Waals surface area contributed by atoms with Crippen molar-refractivity contribution >= 4 is 22.7 Å². The molecule has 1 aliphatic rings. The number of anilines is 2. The second kappa shape index (κ2) is 14.0. The van der Waals surface area contributed by atoms with E-state index in [1.807, 2.05) is 0 Å². The second-order valence-corrected chi connectivity index (χ2v) is 10.6. The number of nitrogens with zero attached hydrogens (tertiary/aromatic N) is 3. The lowest BCUT2D eigenvalue weighted by molar-refractivity contribution is 0.0663. The van der Waals surface area contributed by atoms with Crippen molar-refractivity contribution < 1.29 is 5.11 Å². The van der Waals surface area contributed by atoms with Crippen molar-refractivity contribution in [3.63, 3.8) is 0 Å². The molecule has 0 aliphatic heterocycles. The van der Waals surface area contributed by atoms with Gasteiger partial charge in [-0.25, -0.2) is 4.98 Å². The lowest BCUT2D eigenvalue weighted by Crippen LogP contribution is -2.28. The van der Waals surface area contributed by atoms with Gasteiger partial charge in [-0.15, -0.1) is 0 Å². The standard InChI is InChI=1S/C29H49N5O/c1-6-9-11-26(35)24-14-12-23(13-15-24)20-31-29-32-27-22(5)18-21(4)19-25(27)28(33-29)30-16-10-17-34(7-2)8-3/h18-19,23-24,26,35H,6-17,20H2,1-5H3,(H2,30,31,32,33)/t23-,24-,26?. The summed E-state index contributed by atoms with van der Waals surface area (Å²) in [6.07, 6.45) is 8.83. The molecule has 6 nitrogen and oxygen atoms in total. The number of aromatic nitrogens is 2. The molecule has 0 amide bonds. The Bertz CT molecular complexity index is 906. The highest BCUT2D eigenvalue weighted by Crippen LogP contribution is 2.33. The van der Waals surface area contributed by atoms with E-state index in [0.29, 0.717) is 11.8 Å². The zero-order valence-corrected chi connectivity index (χ0v) is 22.9. The minimum atomic E-state index is -0.116. The minimum absolute atomic E-state index is 0.116. The molecule has 1 aromatic heterocycles. The molecule has 1 unspecified atom stereocenters. The molecule has 0 spiro atoms. The molecular weight excluding hydrogens is 434 g/mol. The molecule has 1 saturated carbocycles. The van der Waals surface area contributed by atoms with Crippen molar-refractivity contribution in [1.82, 2.24) is 14.9 Å². The first-order valence-corrected chi connectivity index (χ1v) is 14.1. The molecular formula is C29H49N5O. The van der Waals surface area contributed by atoms with Crippen LogP contribution in [0.1, 0.15) is 83.3 Å². The van der Waals surface area contributed by atoms with Gasteiger partial charge in [0.2, 0.25) is 5.95 Å². The van der Waals surface area contributed by atoms with E-state index in [0.717, 1.165) is 93.9 Å². The smallest absolute Gasteiger partial charge is 0.225 e.